The van der Waals surface area contributed by atoms with Crippen LogP contribution in [-0.2, 0) is 12.8 Å². The minimum absolute atomic E-state index is 0.121. The number of ketones is 1. The number of aryl methyl sites for hydroxylation is 2. The van der Waals surface area contributed by atoms with Crippen molar-refractivity contribution in [2.45, 2.75) is 25.7 Å². The van der Waals surface area contributed by atoms with E-state index in [-0.39, 0.29) is 5.78 Å². The highest BCUT2D eigenvalue weighted by atomic mass is 16.5. The van der Waals surface area contributed by atoms with Gasteiger partial charge in [0.1, 0.15) is 11.5 Å². The summed E-state index contributed by atoms with van der Waals surface area (Å²) in [6, 6.07) is 9.57. The van der Waals surface area contributed by atoms with E-state index in [1.165, 1.54) is 0 Å². The van der Waals surface area contributed by atoms with Gasteiger partial charge in [-0.15, -0.1) is 0 Å². The molecule has 0 amide bonds. The summed E-state index contributed by atoms with van der Waals surface area (Å²) in [6.45, 7) is 0.704. The summed E-state index contributed by atoms with van der Waals surface area (Å²) >= 11 is 0. The fraction of sp³-hybridized carbons (Fsp3) is 0.312. The van der Waals surface area contributed by atoms with Crippen molar-refractivity contribution in [3.63, 3.8) is 0 Å². The van der Waals surface area contributed by atoms with Gasteiger partial charge in [0.15, 0.2) is 5.78 Å². The first-order valence-corrected chi connectivity index (χ1v) is 6.65. The number of carbonyl (C=O) groups excluding carboxylic acids is 1. The lowest BCUT2D eigenvalue weighted by atomic mass is 9.98. The minimum atomic E-state index is 0.121. The first-order valence-electron chi connectivity index (χ1n) is 6.65. The molecule has 98 valence electrons. The summed E-state index contributed by atoms with van der Waals surface area (Å²) in [4.78, 5) is 12.3. The Balaban J connectivity index is 1.76. The zero-order valence-corrected chi connectivity index (χ0v) is 10.7. The molecule has 0 fully saturated rings. The lowest BCUT2D eigenvalue weighted by Crippen LogP contribution is -2.13. The molecule has 0 saturated heterocycles. The number of benzene rings is 1. The van der Waals surface area contributed by atoms with Gasteiger partial charge < -0.3 is 9.15 Å². The molecule has 19 heavy (non-hydrogen) atoms. The van der Waals surface area contributed by atoms with E-state index >= 15 is 0 Å². The van der Waals surface area contributed by atoms with Gasteiger partial charge in [0.2, 0.25) is 0 Å². The maximum Gasteiger partial charge on any atom is 0.167 e. The highest BCUT2D eigenvalue weighted by Crippen LogP contribution is 2.29. The lowest BCUT2D eigenvalue weighted by molar-refractivity contribution is 0.0976. The molecule has 1 aromatic heterocycles. The summed E-state index contributed by atoms with van der Waals surface area (Å²) in [5, 5.41) is 0. The van der Waals surface area contributed by atoms with Crippen LogP contribution in [0.2, 0.25) is 0 Å². The van der Waals surface area contributed by atoms with Crippen LogP contribution in [0.15, 0.2) is 41.0 Å². The second-order valence-corrected chi connectivity index (χ2v) is 4.75. The van der Waals surface area contributed by atoms with E-state index in [1.54, 1.807) is 6.26 Å². The van der Waals surface area contributed by atoms with Crippen molar-refractivity contribution >= 4 is 5.78 Å². The third-order valence-electron chi connectivity index (χ3n) is 3.41. The molecule has 1 aliphatic heterocycles. The third kappa shape index (κ3) is 2.55. The maximum atomic E-state index is 12.3. The highest BCUT2D eigenvalue weighted by Gasteiger charge is 2.18. The van der Waals surface area contributed by atoms with Crippen LogP contribution in [0.5, 0.6) is 5.75 Å². The van der Waals surface area contributed by atoms with Gasteiger partial charge in [0, 0.05) is 12.8 Å². The lowest BCUT2D eigenvalue weighted by Gasteiger charge is -2.19. The van der Waals surface area contributed by atoms with Gasteiger partial charge in [-0.25, -0.2) is 0 Å². The van der Waals surface area contributed by atoms with E-state index in [9.17, 15) is 4.79 Å². The summed E-state index contributed by atoms with van der Waals surface area (Å²) in [5.41, 5.74) is 1.86. The average Bonchev–Trinajstić information content (AvgIpc) is 2.97. The average molecular weight is 256 g/mol. The van der Waals surface area contributed by atoms with Crippen LogP contribution in [-0.4, -0.2) is 12.4 Å². The summed E-state index contributed by atoms with van der Waals surface area (Å²) in [6.07, 6.45) is 4.74. The van der Waals surface area contributed by atoms with Gasteiger partial charge in [-0.3, -0.25) is 4.79 Å². The SMILES string of the molecule is O=C(CCc1ccco1)c1cccc2c1OCCC2. The molecule has 0 saturated carbocycles. The second-order valence-electron chi connectivity index (χ2n) is 4.75. The Morgan fingerprint density at radius 3 is 3.00 bits per heavy atom. The van der Waals surface area contributed by atoms with Gasteiger partial charge >= 0.3 is 0 Å². The van der Waals surface area contributed by atoms with Crippen LogP contribution in [0.25, 0.3) is 0 Å². The van der Waals surface area contributed by atoms with Gasteiger partial charge in [-0.2, -0.15) is 0 Å². The van der Waals surface area contributed by atoms with Gasteiger partial charge in [-0.1, -0.05) is 12.1 Å². The number of furan rings is 1. The molecule has 2 heterocycles. The van der Waals surface area contributed by atoms with Crippen LogP contribution in [0, 0.1) is 0 Å². The van der Waals surface area contributed by atoms with Crippen molar-refractivity contribution in [1.82, 2.24) is 0 Å². The molecule has 0 atom stereocenters. The Kier molecular flexibility index (Phi) is 3.36. The highest BCUT2D eigenvalue weighted by molar-refractivity contribution is 5.99. The van der Waals surface area contributed by atoms with Crippen molar-refractivity contribution in [2.24, 2.45) is 0 Å². The number of rotatable bonds is 4. The predicted octanol–water partition coefficient (Wildman–Crippen LogP) is 3.42. The Morgan fingerprint density at radius 1 is 1.21 bits per heavy atom. The molecule has 0 radical (unpaired) electrons. The van der Waals surface area contributed by atoms with E-state index in [1.807, 2.05) is 30.3 Å². The molecule has 3 rings (SSSR count). The Bertz CT molecular complexity index is 570. The number of ether oxygens (including phenoxy) is 1. The van der Waals surface area contributed by atoms with E-state index in [0.717, 1.165) is 29.9 Å². The normalized spacial score (nSPS) is 13.7. The van der Waals surface area contributed by atoms with Gasteiger partial charge in [0.25, 0.3) is 0 Å². The standard InChI is InChI=1S/C16H16O3/c17-15(9-8-13-6-3-10-18-13)14-7-1-4-12-5-2-11-19-16(12)14/h1,3-4,6-7,10H,2,5,8-9,11H2. The van der Waals surface area contributed by atoms with Crippen LogP contribution in [0.4, 0.5) is 0 Å². The second kappa shape index (κ2) is 5.31. The first kappa shape index (κ1) is 12.0. The van der Waals surface area contributed by atoms with Crippen LogP contribution < -0.4 is 4.74 Å². The molecule has 1 aromatic carbocycles. The smallest absolute Gasteiger partial charge is 0.167 e. The zero-order valence-electron chi connectivity index (χ0n) is 10.7. The molecule has 1 aliphatic rings. The van der Waals surface area contributed by atoms with Crippen LogP contribution in [0.1, 0.15) is 34.5 Å². The molecule has 3 nitrogen and oxygen atoms in total. The van der Waals surface area contributed by atoms with Crippen molar-refractivity contribution in [3.8, 4) is 5.75 Å². The molecular weight excluding hydrogens is 240 g/mol. The number of hydrogen-bond donors (Lipinski definition) is 0. The van der Waals surface area contributed by atoms with E-state index < -0.39 is 0 Å². The minimum Gasteiger partial charge on any atom is -0.493 e. The largest absolute Gasteiger partial charge is 0.493 e. The number of hydrogen-bond acceptors (Lipinski definition) is 3. The molecule has 0 aliphatic carbocycles. The van der Waals surface area contributed by atoms with E-state index in [2.05, 4.69) is 0 Å². The summed E-state index contributed by atoms with van der Waals surface area (Å²) < 4.78 is 10.9. The monoisotopic (exact) mass is 256 g/mol. The summed E-state index contributed by atoms with van der Waals surface area (Å²) in [7, 11) is 0. The van der Waals surface area contributed by atoms with Crippen LogP contribution in [0.3, 0.4) is 0 Å². The van der Waals surface area contributed by atoms with Crippen molar-refractivity contribution in [2.75, 3.05) is 6.61 Å². The zero-order chi connectivity index (χ0) is 13.1. The van der Waals surface area contributed by atoms with E-state index in [4.69, 9.17) is 9.15 Å². The summed E-state index contributed by atoms with van der Waals surface area (Å²) in [5.74, 6) is 1.76. The third-order valence-corrected chi connectivity index (χ3v) is 3.41. The fourth-order valence-corrected chi connectivity index (χ4v) is 2.43. The molecule has 2 aromatic rings. The molecular formula is C16H16O3. The van der Waals surface area contributed by atoms with Gasteiger partial charge in [0.05, 0.1) is 18.4 Å². The predicted molar refractivity (Wildman–Crippen MR) is 71.6 cm³/mol. The molecule has 0 N–H and O–H groups in total. The Hall–Kier alpha value is -2.03. The van der Waals surface area contributed by atoms with Crippen molar-refractivity contribution < 1.29 is 13.9 Å². The quantitative estimate of drug-likeness (QED) is 0.787. The number of Topliss-reactive ketones (excluding diaryl/α,β-unsaturated/α-hetero) is 1. The molecule has 0 spiro atoms. The molecule has 3 heteroatoms. The Labute approximate surface area is 112 Å². The molecule has 0 unspecified atom stereocenters. The van der Waals surface area contributed by atoms with E-state index in [0.29, 0.717) is 25.0 Å². The molecule has 0 bridgehead atoms. The Morgan fingerprint density at radius 2 is 2.16 bits per heavy atom. The topological polar surface area (TPSA) is 39.4 Å². The number of fused-ring (bicyclic) bond motifs is 1. The fourth-order valence-electron chi connectivity index (χ4n) is 2.43. The van der Waals surface area contributed by atoms with Gasteiger partial charge in [-0.05, 0) is 36.6 Å². The van der Waals surface area contributed by atoms with Crippen LogP contribution >= 0.6 is 0 Å². The maximum absolute atomic E-state index is 12.3. The first-order chi connectivity index (χ1) is 9.34. The number of para-hydroxylation sites is 1. The van der Waals surface area contributed by atoms with Crippen molar-refractivity contribution in [1.29, 1.82) is 0 Å². The van der Waals surface area contributed by atoms with Crippen molar-refractivity contribution in [3.05, 3.63) is 53.5 Å². The number of carbonyl (C=O) groups is 1.